The number of hydrogen-bond acceptors (Lipinski definition) is 6. The third-order valence-corrected chi connectivity index (χ3v) is 3.11. The molecule has 1 atom stereocenters. The van der Waals surface area contributed by atoms with E-state index >= 15 is 0 Å². The first-order valence-electron chi connectivity index (χ1n) is 3.31. The summed E-state index contributed by atoms with van der Waals surface area (Å²) in [5.41, 5.74) is 0. The van der Waals surface area contributed by atoms with Crippen molar-refractivity contribution in [3.63, 3.8) is 0 Å². The zero-order chi connectivity index (χ0) is 10.1. The van der Waals surface area contributed by atoms with Crippen molar-refractivity contribution in [1.29, 1.82) is 0 Å². The van der Waals surface area contributed by atoms with Crippen molar-refractivity contribution >= 4 is 20.5 Å². The van der Waals surface area contributed by atoms with Gasteiger partial charge in [-0.3, -0.25) is 8.74 Å². The van der Waals surface area contributed by atoms with E-state index in [0.717, 1.165) is 0 Å². The summed E-state index contributed by atoms with van der Waals surface area (Å²) in [6.07, 6.45) is -0.662. The molecular formula is C4H8O7S2. The molecule has 1 aliphatic rings. The van der Waals surface area contributed by atoms with Gasteiger partial charge in [-0.15, -0.1) is 0 Å². The first-order chi connectivity index (χ1) is 5.79. The van der Waals surface area contributed by atoms with Crippen LogP contribution in [0.2, 0.25) is 0 Å². The predicted molar refractivity (Wildman–Crippen MR) is 40.8 cm³/mol. The highest BCUT2D eigenvalue weighted by atomic mass is 32.3. The van der Waals surface area contributed by atoms with Crippen molar-refractivity contribution in [3.8, 4) is 0 Å². The van der Waals surface area contributed by atoms with Gasteiger partial charge in [0.1, 0.15) is 6.10 Å². The minimum atomic E-state index is -4.52. The fraction of sp³-hybridized carbons (Fsp3) is 1.00. The van der Waals surface area contributed by atoms with E-state index in [1.807, 2.05) is 0 Å². The van der Waals surface area contributed by atoms with Gasteiger partial charge in [0.05, 0.1) is 12.4 Å². The monoisotopic (exact) mass is 232 g/mol. The van der Waals surface area contributed by atoms with Gasteiger partial charge in [0.15, 0.2) is 0 Å². The van der Waals surface area contributed by atoms with Gasteiger partial charge in [0.25, 0.3) is 10.1 Å². The lowest BCUT2D eigenvalue weighted by Crippen LogP contribution is -2.18. The molecule has 0 bridgehead atoms. The highest BCUT2D eigenvalue weighted by molar-refractivity contribution is 7.86. The summed E-state index contributed by atoms with van der Waals surface area (Å²) in [6.45, 7) is -0.488. The van der Waals surface area contributed by atoms with Crippen molar-refractivity contribution in [2.24, 2.45) is 0 Å². The van der Waals surface area contributed by atoms with Gasteiger partial charge in [-0.25, -0.2) is 4.18 Å². The van der Waals surface area contributed by atoms with E-state index in [4.69, 9.17) is 4.55 Å². The zero-order valence-corrected chi connectivity index (χ0v) is 8.04. The van der Waals surface area contributed by atoms with Gasteiger partial charge < -0.3 is 0 Å². The van der Waals surface area contributed by atoms with Gasteiger partial charge in [0, 0.05) is 0 Å². The van der Waals surface area contributed by atoms with Crippen LogP contribution < -0.4 is 0 Å². The summed E-state index contributed by atoms with van der Waals surface area (Å²) in [7, 11) is -8.04. The third kappa shape index (κ3) is 4.00. The van der Waals surface area contributed by atoms with Gasteiger partial charge >= 0.3 is 10.4 Å². The minimum Gasteiger partial charge on any atom is -0.264 e. The number of hydrogen-bond donors (Lipinski definition) is 1. The topological polar surface area (TPSA) is 107 Å². The molecule has 7 nitrogen and oxygen atoms in total. The molecule has 78 valence electrons. The second-order valence-electron chi connectivity index (χ2n) is 2.48. The van der Waals surface area contributed by atoms with Crippen molar-refractivity contribution < 1.29 is 29.8 Å². The SMILES string of the molecule is O=S(=O)(O)OCC1CCS(=O)(=O)O1. The van der Waals surface area contributed by atoms with Crippen molar-refractivity contribution in [1.82, 2.24) is 0 Å². The molecule has 0 aromatic heterocycles. The zero-order valence-electron chi connectivity index (χ0n) is 6.41. The summed E-state index contributed by atoms with van der Waals surface area (Å²) in [6, 6.07) is 0. The normalized spacial score (nSPS) is 27.6. The van der Waals surface area contributed by atoms with Crippen molar-refractivity contribution in [2.75, 3.05) is 12.4 Å². The molecule has 0 aromatic carbocycles. The van der Waals surface area contributed by atoms with E-state index in [1.54, 1.807) is 0 Å². The van der Waals surface area contributed by atoms with Gasteiger partial charge in [-0.05, 0) is 6.42 Å². The smallest absolute Gasteiger partial charge is 0.264 e. The second kappa shape index (κ2) is 3.50. The largest absolute Gasteiger partial charge is 0.397 e. The molecule has 0 radical (unpaired) electrons. The maximum absolute atomic E-state index is 10.7. The van der Waals surface area contributed by atoms with Crippen LogP contribution in [-0.2, 0) is 28.9 Å². The first-order valence-corrected chi connectivity index (χ1v) is 6.25. The maximum atomic E-state index is 10.7. The molecule has 1 saturated heterocycles. The fourth-order valence-corrected chi connectivity index (χ4v) is 2.39. The Kier molecular flexibility index (Phi) is 2.92. The van der Waals surface area contributed by atoms with Crippen LogP contribution in [0.3, 0.4) is 0 Å². The molecule has 1 aliphatic heterocycles. The lowest BCUT2D eigenvalue weighted by molar-refractivity contribution is 0.143. The summed E-state index contributed by atoms with van der Waals surface area (Å²) < 4.78 is 58.0. The second-order valence-corrected chi connectivity index (χ2v) is 5.29. The predicted octanol–water partition coefficient (Wildman–Crippen LogP) is -1.08. The first kappa shape index (κ1) is 10.9. The Morgan fingerprint density at radius 1 is 1.54 bits per heavy atom. The molecule has 0 aromatic rings. The van der Waals surface area contributed by atoms with Crippen molar-refractivity contribution in [2.45, 2.75) is 12.5 Å². The Bertz CT molecular complexity index is 365. The average Bonchev–Trinajstić information content (AvgIpc) is 2.24. The van der Waals surface area contributed by atoms with E-state index in [2.05, 4.69) is 8.37 Å². The standard InChI is InChI=1S/C4H8O7S2/c5-12(6)2-1-4(11-12)3-10-13(7,8)9/h4H,1-3H2,(H,7,8,9). The number of rotatable bonds is 3. The third-order valence-electron chi connectivity index (χ3n) is 1.38. The highest BCUT2D eigenvalue weighted by Gasteiger charge is 2.29. The van der Waals surface area contributed by atoms with Crippen molar-refractivity contribution in [3.05, 3.63) is 0 Å². The Labute approximate surface area is 75.7 Å². The van der Waals surface area contributed by atoms with E-state index in [9.17, 15) is 16.8 Å². The summed E-state index contributed by atoms with van der Waals surface area (Å²) in [4.78, 5) is 0. The van der Waals surface area contributed by atoms with Gasteiger partial charge in [-0.1, -0.05) is 0 Å². The van der Waals surface area contributed by atoms with E-state index < -0.39 is 33.2 Å². The van der Waals surface area contributed by atoms with E-state index in [-0.39, 0.29) is 12.2 Å². The van der Waals surface area contributed by atoms with E-state index in [0.29, 0.717) is 0 Å². The van der Waals surface area contributed by atoms with Crippen LogP contribution in [0, 0.1) is 0 Å². The lowest BCUT2D eigenvalue weighted by Gasteiger charge is -2.04. The molecule has 13 heavy (non-hydrogen) atoms. The average molecular weight is 232 g/mol. The van der Waals surface area contributed by atoms with E-state index in [1.165, 1.54) is 0 Å². The van der Waals surface area contributed by atoms with Crippen LogP contribution in [0.25, 0.3) is 0 Å². The molecule has 1 fully saturated rings. The molecule has 0 amide bonds. The molecule has 1 rings (SSSR count). The molecule has 1 unspecified atom stereocenters. The van der Waals surface area contributed by atoms with Crippen LogP contribution in [0.4, 0.5) is 0 Å². The molecule has 0 spiro atoms. The molecule has 1 heterocycles. The van der Waals surface area contributed by atoms with Crippen LogP contribution in [-0.4, -0.2) is 39.9 Å². The summed E-state index contributed by atoms with van der Waals surface area (Å²) in [5, 5.41) is 0. The van der Waals surface area contributed by atoms with Gasteiger partial charge in [-0.2, -0.15) is 16.8 Å². The Balaban J connectivity index is 2.42. The minimum absolute atomic E-state index is 0.160. The summed E-state index contributed by atoms with van der Waals surface area (Å²) >= 11 is 0. The van der Waals surface area contributed by atoms with Crippen LogP contribution >= 0.6 is 0 Å². The molecular weight excluding hydrogens is 224 g/mol. The van der Waals surface area contributed by atoms with Gasteiger partial charge in [0.2, 0.25) is 0 Å². The maximum Gasteiger partial charge on any atom is 0.397 e. The highest BCUT2D eigenvalue weighted by Crippen LogP contribution is 2.16. The molecule has 1 N–H and O–H groups in total. The Hall–Kier alpha value is -0.220. The quantitative estimate of drug-likeness (QED) is 0.487. The molecule has 0 aliphatic carbocycles. The molecule has 9 heteroatoms. The Morgan fingerprint density at radius 3 is 2.54 bits per heavy atom. The van der Waals surface area contributed by atoms with Crippen LogP contribution in [0.5, 0.6) is 0 Å². The van der Waals surface area contributed by atoms with Crippen LogP contribution in [0.1, 0.15) is 6.42 Å². The fourth-order valence-electron chi connectivity index (χ4n) is 0.852. The lowest BCUT2D eigenvalue weighted by atomic mass is 10.3. The Morgan fingerprint density at radius 2 is 2.15 bits per heavy atom. The summed E-state index contributed by atoms with van der Waals surface area (Å²) in [5.74, 6) is -0.160. The van der Waals surface area contributed by atoms with Crippen LogP contribution in [0.15, 0.2) is 0 Å². The molecule has 0 saturated carbocycles.